The van der Waals surface area contributed by atoms with Crippen molar-refractivity contribution in [3.63, 3.8) is 0 Å². The number of nitrogens with zero attached hydrogens (tertiary/aromatic N) is 2. The van der Waals surface area contributed by atoms with Crippen LogP contribution in [0, 0.1) is 12.7 Å². The molecule has 0 fully saturated rings. The fourth-order valence-electron chi connectivity index (χ4n) is 2.38. The van der Waals surface area contributed by atoms with E-state index in [9.17, 15) is 4.39 Å². The van der Waals surface area contributed by atoms with E-state index in [4.69, 9.17) is 0 Å². The van der Waals surface area contributed by atoms with E-state index in [1.807, 2.05) is 31.2 Å². The van der Waals surface area contributed by atoms with Gasteiger partial charge in [0.25, 0.3) is 0 Å². The zero-order valence-corrected chi connectivity index (χ0v) is 13.5. The molecule has 0 unspecified atom stereocenters. The third-order valence-electron chi connectivity index (χ3n) is 3.59. The fraction of sp³-hybridized carbons (Fsp3) is 0.158. The second-order valence-electron chi connectivity index (χ2n) is 5.59. The molecular formula is C19H19FN4. The third-order valence-corrected chi connectivity index (χ3v) is 3.59. The van der Waals surface area contributed by atoms with E-state index in [1.165, 1.54) is 24.0 Å². The first-order chi connectivity index (χ1) is 11.7. The Hall–Kier alpha value is -2.95. The second kappa shape index (κ2) is 7.55. The van der Waals surface area contributed by atoms with Gasteiger partial charge in [0.15, 0.2) is 0 Å². The van der Waals surface area contributed by atoms with E-state index in [2.05, 4.69) is 26.7 Å². The fourth-order valence-corrected chi connectivity index (χ4v) is 2.38. The lowest BCUT2D eigenvalue weighted by atomic mass is 10.1. The highest BCUT2D eigenvalue weighted by molar-refractivity contribution is 5.59. The summed E-state index contributed by atoms with van der Waals surface area (Å²) in [5.74, 6) is 1.27. The van der Waals surface area contributed by atoms with Crippen LogP contribution >= 0.6 is 0 Å². The smallest absolute Gasteiger partial charge is 0.135 e. The molecule has 0 aliphatic heterocycles. The highest BCUT2D eigenvalue weighted by Crippen LogP contribution is 2.17. The SMILES string of the molecule is Cc1cccc(Nc2cc(NCCc3ccc(F)cc3)ncn2)c1. The number of hydrogen-bond donors (Lipinski definition) is 2. The molecule has 3 aromatic rings. The highest BCUT2D eigenvalue weighted by atomic mass is 19.1. The topological polar surface area (TPSA) is 49.8 Å². The summed E-state index contributed by atoms with van der Waals surface area (Å²) in [5.41, 5.74) is 3.26. The van der Waals surface area contributed by atoms with Gasteiger partial charge in [0.1, 0.15) is 23.8 Å². The minimum absolute atomic E-state index is 0.214. The predicted molar refractivity (Wildman–Crippen MR) is 95.1 cm³/mol. The van der Waals surface area contributed by atoms with E-state index in [1.54, 1.807) is 12.1 Å². The van der Waals surface area contributed by atoms with Crippen LogP contribution in [0.5, 0.6) is 0 Å². The normalized spacial score (nSPS) is 10.4. The van der Waals surface area contributed by atoms with E-state index >= 15 is 0 Å². The number of anilines is 3. The van der Waals surface area contributed by atoms with Gasteiger partial charge in [-0.3, -0.25) is 0 Å². The molecule has 0 atom stereocenters. The molecule has 24 heavy (non-hydrogen) atoms. The van der Waals surface area contributed by atoms with Crippen LogP contribution in [-0.2, 0) is 6.42 Å². The summed E-state index contributed by atoms with van der Waals surface area (Å²) in [5, 5.41) is 6.53. The summed E-state index contributed by atoms with van der Waals surface area (Å²) in [6.07, 6.45) is 2.32. The zero-order chi connectivity index (χ0) is 16.8. The molecule has 5 heteroatoms. The van der Waals surface area contributed by atoms with Crippen molar-refractivity contribution in [2.45, 2.75) is 13.3 Å². The highest BCUT2D eigenvalue weighted by Gasteiger charge is 2.00. The Morgan fingerprint density at radius 2 is 1.75 bits per heavy atom. The van der Waals surface area contributed by atoms with Gasteiger partial charge in [0.2, 0.25) is 0 Å². The van der Waals surface area contributed by atoms with Gasteiger partial charge >= 0.3 is 0 Å². The van der Waals surface area contributed by atoms with Gasteiger partial charge in [0.05, 0.1) is 0 Å². The van der Waals surface area contributed by atoms with Gasteiger partial charge in [-0.25, -0.2) is 14.4 Å². The first-order valence-electron chi connectivity index (χ1n) is 7.83. The Balaban J connectivity index is 1.57. The summed E-state index contributed by atoms with van der Waals surface area (Å²) in [4.78, 5) is 8.46. The molecule has 1 aromatic heterocycles. The minimum Gasteiger partial charge on any atom is -0.370 e. The molecule has 2 aromatic carbocycles. The minimum atomic E-state index is -0.214. The van der Waals surface area contributed by atoms with Gasteiger partial charge in [-0.15, -0.1) is 0 Å². The van der Waals surface area contributed by atoms with Crippen LogP contribution in [0.15, 0.2) is 60.9 Å². The van der Waals surface area contributed by atoms with Crippen LogP contribution in [0.3, 0.4) is 0 Å². The van der Waals surface area contributed by atoms with E-state index < -0.39 is 0 Å². The summed E-state index contributed by atoms with van der Waals surface area (Å²) in [7, 11) is 0. The Morgan fingerprint density at radius 3 is 2.54 bits per heavy atom. The van der Waals surface area contributed by atoms with Gasteiger partial charge in [-0.1, -0.05) is 24.3 Å². The van der Waals surface area contributed by atoms with Gasteiger partial charge in [-0.2, -0.15) is 0 Å². The summed E-state index contributed by atoms with van der Waals surface area (Å²) in [6.45, 7) is 2.76. The van der Waals surface area contributed by atoms with Crippen LogP contribution in [0.25, 0.3) is 0 Å². The third kappa shape index (κ3) is 4.52. The molecular weight excluding hydrogens is 303 g/mol. The van der Waals surface area contributed by atoms with Crippen molar-refractivity contribution in [2.24, 2.45) is 0 Å². The number of benzene rings is 2. The standard InChI is InChI=1S/C19H19FN4/c1-14-3-2-4-17(11-14)24-19-12-18(22-13-23-19)21-10-9-15-5-7-16(20)8-6-15/h2-8,11-13H,9-10H2,1H3,(H2,21,22,23,24). The molecule has 4 nitrogen and oxygen atoms in total. The molecule has 0 bridgehead atoms. The van der Waals surface area contributed by atoms with Gasteiger partial charge in [-0.05, 0) is 48.7 Å². The molecule has 0 amide bonds. The molecule has 3 rings (SSSR count). The summed E-state index contributed by atoms with van der Waals surface area (Å²) < 4.78 is 12.9. The summed E-state index contributed by atoms with van der Waals surface area (Å²) >= 11 is 0. The zero-order valence-electron chi connectivity index (χ0n) is 13.5. The Kier molecular flexibility index (Phi) is 5.01. The Bertz CT molecular complexity index is 802. The van der Waals surface area contributed by atoms with Crippen molar-refractivity contribution >= 4 is 17.3 Å². The van der Waals surface area contributed by atoms with Gasteiger partial charge < -0.3 is 10.6 Å². The second-order valence-corrected chi connectivity index (χ2v) is 5.59. The first-order valence-corrected chi connectivity index (χ1v) is 7.83. The number of nitrogens with one attached hydrogen (secondary N) is 2. The van der Waals surface area contributed by atoms with Gasteiger partial charge in [0, 0.05) is 18.3 Å². The van der Waals surface area contributed by atoms with Crippen LogP contribution in [0.1, 0.15) is 11.1 Å². The first kappa shape index (κ1) is 15.9. The molecule has 2 N–H and O–H groups in total. The van der Waals surface area contributed by atoms with E-state index in [-0.39, 0.29) is 5.82 Å². The molecule has 0 saturated carbocycles. The molecule has 122 valence electrons. The molecule has 0 spiro atoms. The molecule has 0 radical (unpaired) electrons. The lowest BCUT2D eigenvalue weighted by Crippen LogP contribution is -2.07. The van der Waals surface area contributed by atoms with Crippen LogP contribution in [0.2, 0.25) is 0 Å². The average Bonchev–Trinajstić information content (AvgIpc) is 2.57. The number of halogens is 1. The summed E-state index contributed by atoms with van der Waals surface area (Å²) in [6, 6.07) is 16.5. The van der Waals surface area contributed by atoms with Crippen molar-refractivity contribution in [1.82, 2.24) is 9.97 Å². The number of aromatic nitrogens is 2. The van der Waals surface area contributed by atoms with Crippen molar-refractivity contribution in [3.8, 4) is 0 Å². The lowest BCUT2D eigenvalue weighted by Gasteiger charge is -2.09. The van der Waals surface area contributed by atoms with Crippen LogP contribution < -0.4 is 10.6 Å². The molecule has 0 saturated heterocycles. The maximum Gasteiger partial charge on any atom is 0.135 e. The average molecular weight is 322 g/mol. The number of rotatable bonds is 6. The largest absolute Gasteiger partial charge is 0.370 e. The van der Waals surface area contributed by atoms with Crippen LogP contribution in [-0.4, -0.2) is 16.5 Å². The maximum atomic E-state index is 12.9. The molecule has 0 aliphatic carbocycles. The molecule has 0 aliphatic rings. The lowest BCUT2D eigenvalue weighted by molar-refractivity contribution is 0.627. The number of aryl methyl sites for hydroxylation is 1. The Labute approximate surface area is 140 Å². The van der Waals surface area contributed by atoms with Crippen molar-refractivity contribution in [2.75, 3.05) is 17.2 Å². The van der Waals surface area contributed by atoms with E-state index in [0.717, 1.165) is 29.3 Å². The van der Waals surface area contributed by atoms with Crippen molar-refractivity contribution in [1.29, 1.82) is 0 Å². The van der Waals surface area contributed by atoms with E-state index in [0.29, 0.717) is 6.54 Å². The van der Waals surface area contributed by atoms with Crippen molar-refractivity contribution < 1.29 is 4.39 Å². The predicted octanol–water partition coefficient (Wildman–Crippen LogP) is 4.32. The van der Waals surface area contributed by atoms with Crippen molar-refractivity contribution in [3.05, 3.63) is 77.9 Å². The Morgan fingerprint density at radius 1 is 0.958 bits per heavy atom. The number of hydrogen-bond acceptors (Lipinski definition) is 4. The maximum absolute atomic E-state index is 12.9. The quantitative estimate of drug-likeness (QED) is 0.709. The monoisotopic (exact) mass is 322 g/mol. The van der Waals surface area contributed by atoms with Crippen LogP contribution in [0.4, 0.5) is 21.7 Å². The molecule has 1 heterocycles.